The van der Waals surface area contributed by atoms with Crippen LogP contribution in [0.15, 0.2) is 11.4 Å². The normalized spacial score (nSPS) is 18.7. The monoisotopic (exact) mass is 294 g/mol. The van der Waals surface area contributed by atoms with Gasteiger partial charge in [0.1, 0.15) is 0 Å². The number of halogens is 2. The molecule has 4 nitrogen and oxygen atoms in total. The number of hydrogen-bond acceptors (Lipinski definition) is 3. The van der Waals surface area contributed by atoms with Crippen LogP contribution in [0.2, 0.25) is 0 Å². The molecule has 0 aromatic rings. The highest BCUT2D eigenvalue weighted by Crippen LogP contribution is 2.54. The lowest BCUT2D eigenvalue weighted by atomic mass is 9.96. The molecule has 1 aliphatic carbocycles. The average molecular weight is 295 g/mol. The predicted octanol–water partition coefficient (Wildman–Crippen LogP) is 2.03. The van der Waals surface area contributed by atoms with Crippen molar-refractivity contribution in [1.29, 1.82) is 0 Å². The smallest absolute Gasteiger partial charge is 0.364 e. The molecule has 0 bridgehead atoms. The van der Waals surface area contributed by atoms with E-state index in [0.29, 0.717) is 12.8 Å². The number of carboxylic acid groups (broad SMARTS) is 1. The molecule has 0 amide bonds. The van der Waals surface area contributed by atoms with Crippen LogP contribution in [0.4, 0.5) is 4.39 Å². The summed E-state index contributed by atoms with van der Waals surface area (Å²) in [5.41, 5.74) is -1.08. The summed E-state index contributed by atoms with van der Waals surface area (Å²) >= 11 is 3.01. The zero-order valence-corrected chi connectivity index (χ0v) is 10.3. The van der Waals surface area contributed by atoms with Gasteiger partial charge in [-0.3, -0.25) is 4.79 Å². The molecule has 1 fully saturated rings. The first-order valence-corrected chi connectivity index (χ1v) is 5.97. The highest BCUT2D eigenvalue weighted by Gasteiger charge is 2.55. The Balaban J connectivity index is 3.02. The lowest BCUT2D eigenvalue weighted by molar-refractivity contribution is -0.148. The van der Waals surface area contributed by atoms with E-state index < -0.39 is 23.2 Å². The van der Waals surface area contributed by atoms with Gasteiger partial charge in [-0.15, -0.1) is 0 Å². The molecule has 0 aromatic carbocycles. The topological polar surface area (TPSA) is 63.6 Å². The van der Waals surface area contributed by atoms with E-state index in [-0.39, 0.29) is 17.5 Å². The molecule has 1 rings (SSSR count). The van der Waals surface area contributed by atoms with Crippen molar-refractivity contribution in [2.75, 3.05) is 11.9 Å². The fraction of sp³-hybridized carbons (Fsp3) is 0.600. The van der Waals surface area contributed by atoms with E-state index in [1.807, 2.05) is 0 Å². The van der Waals surface area contributed by atoms with Gasteiger partial charge in [0.2, 0.25) is 5.83 Å². The molecule has 0 radical (unpaired) electrons. The predicted molar refractivity (Wildman–Crippen MR) is 57.9 cm³/mol. The maximum atomic E-state index is 13.4. The number of carbonyl (C=O) groups is 2. The second-order valence-corrected chi connectivity index (χ2v) is 4.09. The third kappa shape index (κ3) is 2.26. The van der Waals surface area contributed by atoms with E-state index in [1.165, 1.54) is 0 Å². The minimum absolute atomic E-state index is 0.0178. The minimum atomic E-state index is -1.65. The van der Waals surface area contributed by atoms with Gasteiger partial charge in [-0.2, -0.15) is 4.39 Å². The van der Waals surface area contributed by atoms with Crippen molar-refractivity contribution < 1.29 is 23.8 Å². The number of alkyl halides is 1. The molecule has 0 saturated heterocycles. The van der Waals surface area contributed by atoms with Crippen molar-refractivity contribution in [3.8, 4) is 0 Å². The van der Waals surface area contributed by atoms with Crippen molar-refractivity contribution in [3.63, 3.8) is 0 Å². The number of ether oxygens (including phenoxy) is 1. The van der Waals surface area contributed by atoms with Gasteiger partial charge in [-0.05, 0) is 19.8 Å². The average Bonchev–Trinajstić information content (AvgIpc) is 3.00. The largest absolute Gasteiger partial charge is 0.476 e. The second-order valence-electron chi connectivity index (χ2n) is 3.53. The number of esters is 1. The first-order chi connectivity index (χ1) is 7.49. The number of aliphatic carboxylic acids is 1. The lowest BCUT2D eigenvalue weighted by Gasteiger charge is -2.16. The van der Waals surface area contributed by atoms with Gasteiger partial charge in [0, 0.05) is 10.9 Å². The molecule has 0 heterocycles. The van der Waals surface area contributed by atoms with Crippen molar-refractivity contribution in [2.45, 2.75) is 19.8 Å². The fourth-order valence-corrected chi connectivity index (χ4v) is 2.33. The van der Waals surface area contributed by atoms with Crippen LogP contribution < -0.4 is 0 Å². The van der Waals surface area contributed by atoms with Crippen molar-refractivity contribution in [3.05, 3.63) is 11.4 Å². The van der Waals surface area contributed by atoms with Gasteiger partial charge >= 0.3 is 11.9 Å². The third-order valence-corrected chi connectivity index (χ3v) is 3.14. The van der Waals surface area contributed by atoms with E-state index in [9.17, 15) is 14.0 Å². The van der Waals surface area contributed by atoms with Crippen LogP contribution in [0.3, 0.4) is 0 Å². The van der Waals surface area contributed by atoms with Gasteiger partial charge in [0.05, 0.1) is 12.0 Å². The summed E-state index contributed by atoms with van der Waals surface area (Å²) in [6.07, 6.45) is 0.876. The quantitative estimate of drug-likeness (QED) is 0.479. The van der Waals surface area contributed by atoms with Gasteiger partial charge in [-0.1, -0.05) is 15.9 Å². The Kier molecular flexibility index (Phi) is 4.07. The Morgan fingerprint density at radius 3 is 2.38 bits per heavy atom. The van der Waals surface area contributed by atoms with Crippen LogP contribution in [-0.4, -0.2) is 29.0 Å². The van der Waals surface area contributed by atoms with E-state index in [1.54, 1.807) is 6.92 Å². The van der Waals surface area contributed by atoms with E-state index in [2.05, 4.69) is 15.9 Å². The number of carbonyl (C=O) groups excluding carboxylic acids is 1. The summed E-state index contributed by atoms with van der Waals surface area (Å²) in [6, 6.07) is 0. The molecule has 16 heavy (non-hydrogen) atoms. The zero-order valence-electron chi connectivity index (χ0n) is 8.76. The summed E-state index contributed by atoms with van der Waals surface area (Å²) in [4.78, 5) is 22.2. The fourth-order valence-electron chi connectivity index (χ4n) is 1.55. The Morgan fingerprint density at radius 1 is 1.50 bits per heavy atom. The van der Waals surface area contributed by atoms with Crippen LogP contribution in [0.5, 0.6) is 0 Å². The molecule has 1 saturated carbocycles. The molecular formula is C10H12BrFO4. The zero-order chi connectivity index (χ0) is 12.3. The Labute approximate surface area is 101 Å². The highest BCUT2D eigenvalue weighted by molar-refractivity contribution is 9.09. The maximum absolute atomic E-state index is 13.4. The minimum Gasteiger partial charge on any atom is -0.476 e. The summed E-state index contributed by atoms with van der Waals surface area (Å²) in [6.45, 7) is 1.85. The SMILES string of the molecule is CCOC(=O)C1(C(CBr)=C(F)C(=O)O)CC1. The van der Waals surface area contributed by atoms with Crippen molar-refractivity contribution in [2.24, 2.45) is 5.41 Å². The van der Waals surface area contributed by atoms with Gasteiger partial charge < -0.3 is 9.84 Å². The summed E-state index contributed by atoms with van der Waals surface area (Å²) in [5, 5.41) is 8.60. The number of carboxylic acids is 1. The molecule has 0 aromatic heterocycles. The summed E-state index contributed by atoms with van der Waals surface area (Å²) in [5.74, 6) is -3.45. The van der Waals surface area contributed by atoms with Crippen LogP contribution >= 0.6 is 15.9 Å². The molecule has 1 N–H and O–H groups in total. The van der Waals surface area contributed by atoms with Crippen molar-refractivity contribution >= 4 is 27.9 Å². The summed E-state index contributed by atoms with van der Waals surface area (Å²) < 4.78 is 18.2. The Morgan fingerprint density at radius 2 is 2.06 bits per heavy atom. The second kappa shape index (κ2) is 4.95. The molecule has 0 unspecified atom stereocenters. The Hall–Kier alpha value is -0.910. The molecule has 0 atom stereocenters. The first kappa shape index (κ1) is 13.2. The molecule has 90 valence electrons. The molecule has 0 spiro atoms. The van der Waals surface area contributed by atoms with Crippen molar-refractivity contribution in [1.82, 2.24) is 0 Å². The lowest BCUT2D eigenvalue weighted by Crippen LogP contribution is -2.24. The highest BCUT2D eigenvalue weighted by atomic mass is 79.9. The molecular weight excluding hydrogens is 283 g/mol. The number of rotatable bonds is 5. The first-order valence-electron chi connectivity index (χ1n) is 4.85. The van der Waals surface area contributed by atoms with E-state index in [4.69, 9.17) is 9.84 Å². The maximum Gasteiger partial charge on any atom is 0.364 e. The standard InChI is InChI=1S/C10H12BrFO4/c1-2-16-9(15)10(3-4-10)6(5-11)7(12)8(13)14/h2-5H2,1H3,(H,13,14). The van der Waals surface area contributed by atoms with Crippen LogP contribution in [-0.2, 0) is 14.3 Å². The molecule has 6 heteroatoms. The number of hydrogen-bond donors (Lipinski definition) is 1. The third-order valence-electron chi connectivity index (χ3n) is 2.58. The van der Waals surface area contributed by atoms with Crippen LogP contribution in [0, 0.1) is 5.41 Å². The molecule has 0 aliphatic heterocycles. The Bertz CT molecular complexity index is 347. The van der Waals surface area contributed by atoms with E-state index >= 15 is 0 Å². The van der Waals surface area contributed by atoms with Crippen LogP contribution in [0.25, 0.3) is 0 Å². The van der Waals surface area contributed by atoms with Crippen LogP contribution in [0.1, 0.15) is 19.8 Å². The van der Waals surface area contributed by atoms with Gasteiger partial charge in [-0.25, -0.2) is 4.79 Å². The molecule has 1 aliphatic rings. The van der Waals surface area contributed by atoms with Gasteiger partial charge in [0.25, 0.3) is 0 Å². The van der Waals surface area contributed by atoms with Gasteiger partial charge in [0.15, 0.2) is 0 Å². The summed E-state index contributed by atoms with van der Waals surface area (Å²) in [7, 11) is 0. The van der Waals surface area contributed by atoms with E-state index in [0.717, 1.165) is 0 Å².